The molecule has 0 saturated carbocycles. The number of nitrogens with two attached hydrogens (primary N) is 1. The molecule has 4 nitrogen and oxygen atoms in total. The number of hydrogen-bond acceptors (Lipinski definition) is 4. The van der Waals surface area contributed by atoms with Crippen molar-refractivity contribution in [2.45, 2.75) is 13.5 Å². The van der Waals surface area contributed by atoms with E-state index in [0.717, 1.165) is 18.7 Å². The number of methoxy groups -OCH3 is 1. The lowest BCUT2D eigenvalue weighted by molar-refractivity contribution is 0.0600. The van der Waals surface area contributed by atoms with Gasteiger partial charge in [-0.2, -0.15) is 0 Å². The number of rotatable bonds is 6. The zero-order chi connectivity index (χ0) is 14.4. The predicted octanol–water partition coefficient (Wildman–Crippen LogP) is 1.83. The zero-order valence-corrected chi connectivity index (χ0v) is 12.4. The van der Waals surface area contributed by atoms with Crippen LogP contribution in [0.1, 0.15) is 22.8 Å². The van der Waals surface area contributed by atoms with Crippen molar-refractivity contribution in [2.75, 3.05) is 20.7 Å². The van der Waals surface area contributed by atoms with Crippen LogP contribution in [-0.2, 0) is 11.3 Å². The van der Waals surface area contributed by atoms with E-state index in [1.807, 2.05) is 26.1 Å². The molecule has 0 aliphatic carbocycles. The molecule has 0 spiro atoms. The van der Waals surface area contributed by atoms with Crippen molar-refractivity contribution in [1.29, 1.82) is 0 Å². The molecule has 1 atom stereocenters. The Morgan fingerprint density at radius 1 is 1.42 bits per heavy atom. The highest BCUT2D eigenvalue weighted by Gasteiger charge is 2.10. The van der Waals surface area contributed by atoms with Gasteiger partial charge in [-0.1, -0.05) is 31.3 Å². The molecule has 0 amide bonds. The monoisotopic (exact) mass is 280 g/mol. The minimum atomic E-state index is -0.318. The Morgan fingerprint density at radius 2 is 2.00 bits per heavy atom. The van der Waals surface area contributed by atoms with Crippen LogP contribution in [0, 0.1) is 5.92 Å². The van der Waals surface area contributed by atoms with Gasteiger partial charge >= 0.3 is 5.97 Å². The van der Waals surface area contributed by atoms with Gasteiger partial charge in [0.05, 0.1) is 17.7 Å². The molecule has 1 unspecified atom stereocenters. The first-order valence-corrected chi connectivity index (χ1v) is 6.50. The quantitative estimate of drug-likeness (QED) is 0.636. The van der Waals surface area contributed by atoms with Crippen molar-refractivity contribution in [1.82, 2.24) is 4.90 Å². The number of thiocarbonyl (C=S) groups is 1. The molecule has 104 valence electrons. The number of nitrogens with zero attached hydrogens (tertiary/aromatic N) is 1. The summed E-state index contributed by atoms with van der Waals surface area (Å²) >= 11 is 4.96. The summed E-state index contributed by atoms with van der Waals surface area (Å²) in [5.41, 5.74) is 7.29. The second kappa shape index (κ2) is 7.21. The maximum atomic E-state index is 11.3. The lowest BCUT2D eigenvalue weighted by atomic mass is 10.1. The Kier molecular flexibility index (Phi) is 5.92. The fourth-order valence-electron chi connectivity index (χ4n) is 1.80. The SMILES string of the molecule is COC(=O)c1ccc(CN(C)CC(C)C(N)=S)cc1. The van der Waals surface area contributed by atoms with E-state index in [-0.39, 0.29) is 11.9 Å². The fourth-order valence-corrected chi connectivity index (χ4v) is 1.87. The summed E-state index contributed by atoms with van der Waals surface area (Å²) in [5, 5.41) is 0. The molecule has 0 fully saturated rings. The summed E-state index contributed by atoms with van der Waals surface area (Å²) in [6.45, 7) is 3.61. The summed E-state index contributed by atoms with van der Waals surface area (Å²) in [6.07, 6.45) is 0. The Bertz CT molecular complexity index is 445. The van der Waals surface area contributed by atoms with Gasteiger partial charge in [0.25, 0.3) is 0 Å². The van der Waals surface area contributed by atoms with E-state index in [2.05, 4.69) is 9.64 Å². The summed E-state index contributed by atoms with van der Waals surface area (Å²) in [7, 11) is 3.39. The van der Waals surface area contributed by atoms with Gasteiger partial charge in [-0.25, -0.2) is 4.79 Å². The van der Waals surface area contributed by atoms with Gasteiger partial charge in [0, 0.05) is 19.0 Å². The summed E-state index contributed by atoms with van der Waals surface area (Å²) in [4.78, 5) is 14.0. The third-order valence-corrected chi connectivity index (χ3v) is 3.30. The zero-order valence-electron chi connectivity index (χ0n) is 11.6. The molecular weight excluding hydrogens is 260 g/mol. The van der Waals surface area contributed by atoms with E-state index in [0.29, 0.717) is 10.6 Å². The van der Waals surface area contributed by atoms with E-state index >= 15 is 0 Å². The maximum absolute atomic E-state index is 11.3. The minimum absolute atomic E-state index is 0.189. The molecule has 0 aliphatic rings. The van der Waals surface area contributed by atoms with Crippen molar-refractivity contribution in [2.24, 2.45) is 11.7 Å². The predicted molar refractivity (Wildman–Crippen MR) is 80.1 cm³/mol. The number of carbonyl (C=O) groups excluding carboxylic acids is 1. The van der Waals surface area contributed by atoms with Crippen molar-refractivity contribution in [3.8, 4) is 0 Å². The standard InChI is InChI=1S/C14H20N2O2S/c1-10(13(15)19)8-16(2)9-11-4-6-12(7-5-11)14(17)18-3/h4-7,10H,8-9H2,1-3H3,(H2,15,19). The first-order valence-electron chi connectivity index (χ1n) is 6.09. The van der Waals surface area contributed by atoms with Crippen LogP contribution in [0.25, 0.3) is 0 Å². The molecule has 5 heteroatoms. The van der Waals surface area contributed by atoms with Crippen molar-refractivity contribution < 1.29 is 9.53 Å². The summed E-state index contributed by atoms with van der Waals surface area (Å²) in [5.74, 6) is -0.128. The highest BCUT2D eigenvalue weighted by atomic mass is 32.1. The number of ether oxygens (including phenoxy) is 1. The number of carbonyl (C=O) groups is 1. The molecule has 0 saturated heterocycles. The molecule has 0 heterocycles. The van der Waals surface area contributed by atoms with E-state index < -0.39 is 0 Å². The molecule has 1 aromatic rings. The van der Waals surface area contributed by atoms with Crippen LogP contribution in [0.4, 0.5) is 0 Å². The second-order valence-electron chi connectivity index (χ2n) is 4.69. The van der Waals surface area contributed by atoms with E-state index in [4.69, 9.17) is 18.0 Å². The average Bonchev–Trinajstić information content (AvgIpc) is 2.38. The first-order chi connectivity index (χ1) is 8.93. The van der Waals surface area contributed by atoms with Gasteiger partial charge in [-0.05, 0) is 24.7 Å². The average molecular weight is 280 g/mol. The summed E-state index contributed by atoms with van der Waals surface area (Å²) in [6, 6.07) is 7.39. The second-order valence-corrected chi connectivity index (χ2v) is 5.16. The minimum Gasteiger partial charge on any atom is -0.465 e. The van der Waals surface area contributed by atoms with Gasteiger partial charge in [-0.15, -0.1) is 0 Å². The van der Waals surface area contributed by atoms with E-state index in [1.165, 1.54) is 7.11 Å². The topological polar surface area (TPSA) is 55.6 Å². The molecule has 0 bridgehead atoms. The molecule has 1 aromatic carbocycles. The molecule has 0 aliphatic heterocycles. The third-order valence-electron chi connectivity index (χ3n) is 2.90. The van der Waals surface area contributed by atoms with Gasteiger partial charge in [0.1, 0.15) is 0 Å². The van der Waals surface area contributed by atoms with Crippen LogP contribution in [-0.4, -0.2) is 36.6 Å². The molecule has 0 aromatic heterocycles. The molecule has 0 radical (unpaired) electrons. The van der Waals surface area contributed by atoms with Gasteiger partial charge in [0.15, 0.2) is 0 Å². The number of hydrogen-bond donors (Lipinski definition) is 1. The maximum Gasteiger partial charge on any atom is 0.337 e. The Labute approximate surface area is 119 Å². The lowest BCUT2D eigenvalue weighted by Gasteiger charge is -2.20. The first kappa shape index (κ1) is 15.6. The van der Waals surface area contributed by atoms with Gasteiger partial charge < -0.3 is 15.4 Å². The Balaban J connectivity index is 2.58. The Morgan fingerprint density at radius 3 is 2.47 bits per heavy atom. The third kappa shape index (κ3) is 4.96. The number of benzene rings is 1. The highest BCUT2D eigenvalue weighted by molar-refractivity contribution is 7.80. The van der Waals surface area contributed by atoms with Crippen molar-refractivity contribution >= 4 is 23.2 Å². The Hall–Kier alpha value is -1.46. The molecule has 2 N–H and O–H groups in total. The fraction of sp³-hybridized carbons (Fsp3) is 0.429. The van der Waals surface area contributed by atoms with E-state index in [1.54, 1.807) is 12.1 Å². The normalized spacial score (nSPS) is 12.2. The number of esters is 1. The molecular formula is C14H20N2O2S. The van der Waals surface area contributed by atoms with Crippen LogP contribution in [0.15, 0.2) is 24.3 Å². The van der Waals surface area contributed by atoms with E-state index in [9.17, 15) is 4.79 Å². The van der Waals surface area contributed by atoms with Crippen LogP contribution in [0.5, 0.6) is 0 Å². The van der Waals surface area contributed by atoms with Crippen LogP contribution in [0.3, 0.4) is 0 Å². The molecule has 1 rings (SSSR count). The largest absolute Gasteiger partial charge is 0.465 e. The van der Waals surface area contributed by atoms with Gasteiger partial charge in [-0.3, -0.25) is 0 Å². The smallest absolute Gasteiger partial charge is 0.337 e. The van der Waals surface area contributed by atoms with Crippen LogP contribution < -0.4 is 5.73 Å². The highest BCUT2D eigenvalue weighted by Crippen LogP contribution is 2.09. The lowest BCUT2D eigenvalue weighted by Crippen LogP contribution is -2.31. The van der Waals surface area contributed by atoms with Crippen molar-refractivity contribution in [3.05, 3.63) is 35.4 Å². The van der Waals surface area contributed by atoms with Crippen molar-refractivity contribution in [3.63, 3.8) is 0 Å². The van der Waals surface area contributed by atoms with Crippen LogP contribution in [0.2, 0.25) is 0 Å². The summed E-state index contributed by atoms with van der Waals surface area (Å²) < 4.78 is 4.66. The van der Waals surface area contributed by atoms with Gasteiger partial charge in [0.2, 0.25) is 0 Å². The molecule has 19 heavy (non-hydrogen) atoms. The van der Waals surface area contributed by atoms with Crippen LogP contribution >= 0.6 is 12.2 Å².